The van der Waals surface area contributed by atoms with Gasteiger partial charge in [0.2, 0.25) is 0 Å². The summed E-state index contributed by atoms with van der Waals surface area (Å²) in [5.74, 6) is -1.60. The van der Waals surface area contributed by atoms with Gasteiger partial charge in [0, 0.05) is 10.6 Å². The van der Waals surface area contributed by atoms with Crippen LogP contribution in [0, 0.1) is 11.7 Å². The fourth-order valence-corrected chi connectivity index (χ4v) is 3.50. The van der Waals surface area contributed by atoms with Crippen molar-refractivity contribution in [3.05, 3.63) is 88.7 Å². The highest BCUT2D eigenvalue weighted by Crippen LogP contribution is 2.27. The molecule has 0 saturated heterocycles. The van der Waals surface area contributed by atoms with E-state index in [1.807, 2.05) is 0 Å². The monoisotopic (exact) mass is 554 g/mol. The first-order valence-electron chi connectivity index (χ1n) is 11.9. The third-order valence-electron chi connectivity index (χ3n) is 5.42. The van der Waals surface area contributed by atoms with E-state index in [4.69, 9.17) is 21.1 Å². The summed E-state index contributed by atoms with van der Waals surface area (Å²) in [6.07, 6.45) is 1.40. The molecule has 9 nitrogen and oxygen atoms in total. The van der Waals surface area contributed by atoms with Crippen molar-refractivity contribution in [1.29, 1.82) is 0 Å². The highest BCUT2D eigenvalue weighted by molar-refractivity contribution is 6.30. The van der Waals surface area contributed by atoms with Crippen LogP contribution < -0.4 is 25.5 Å². The van der Waals surface area contributed by atoms with E-state index in [0.717, 1.165) is 0 Å². The lowest BCUT2D eigenvalue weighted by molar-refractivity contribution is -0.124. The molecule has 0 aliphatic heterocycles. The van der Waals surface area contributed by atoms with Crippen molar-refractivity contribution in [1.82, 2.24) is 10.7 Å². The van der Waals surface area contributed by atoms with E-state index in [1.165, 1.54) is 31.5 Å². The van der Waals surface area contributed by atoms with Gasteiger partial charge in [0.05, 0.1) is 19.0 Å². The Morgan fingerprint density at radius 3 is 2.41 bits per heavy atom. The summed E-state index contributed by atoms with van der Waals surface area (Å²) < 4.78 is 24.6. The van der Waals surface area contributed by atoms with Crippen molar-refractivity contribution in [2.24, 2.45) is 11.0 Å². The van der Waals surface area contributed by atoms with Gasteiger partial charge in [-0.2, -0.15) is 5.10 Å². The summed E-state index contributed by atoms with van der Waals surface area (Å²) in [5.41, 5.74) is 3.44. The SMILES string of the molecule is COc1cc(C=NNC(=O)C(NC(=O)c2ccc(Cl)cc2)C(C)C)ccc1OCC(=O)Nc1ccccc1F. The fraction of sp³-hybridized carbons (Fsp3) is 0.214. The van der Waals surface area contributed by atoms with E-state index in [2.05, 4.69) is 21.2 Å². The largest absolute Gasteiger partial charge is 0.493 e. The number of hydrogen-bond donors (Lipinski definition) is 3. The van der Waals surface area contributed by atoms with E-state index < -0.39 is 29.6 Å². The molecule has 0 aliphatic carbocycles. The molecule has 3 aromatic carbocycles. The van der Waals surface area contributed by atoms with Crippen LogP contribution >= 0.6 is 11.6 Å². The number of carbonyl (C=O) groups excluding carboxylic acids is 3. The molecule has 3 amide bonds. The second kappa shape index (κ2) is 13.9. The normalized spacial score (nSPS) is 11.6. The molecule has 39 heavy (non-hydrogen) atoms. The molecule has 0 fully saturated rings. The lowest BCUT2D eigenvalue weighted by atomic mass is 10.0. The zero-order valence-electron chi connectivity index (χ0n) is 21.5. The fourth-order valence-electron chi connectivity index (χ4n) is 3.38. The Morgan fingerprint density at radius 2 is 1.74 bits per heavy atom. The Labute approximate surface area is 230 Å². The smallest absolute Gasteiger partial charge is 0.262 e. The first kappa shape index (κ1) is 29.1. The minimum absolute atomic E-state index is 0.0518. The number of hydrogen-bond acceptors (Lipinski definition) is 6. The third kappa shape index (κ3) is 8.54. The number of hydrazone groups is 1. The number of nitrogens with one attached hydrogen (secondary N) is 3. The van der Waals surface area contributed by atoms with Gasteiger partial charge in [-0.05, 0) is 66.1 Å². The van der Waals surface area contributed by atoms with Gasteiger partial charge in [0.25, 0.3) is 17.7 Å². The summed E-state index contributed by atoms with van der Waals surface area (Å²) in [5, 5.41) is 9.63. The van der Waals surface area contributed by atoms with Gasteiger partial charge in [-0.3, -0.25) is 14.4 Å². The number of anilines is 1. The number of amides is 3. The Hall–Kier alpha value is -4.44. The van der Waals surface area contributed by atoms with Crippen LogP contribution in [0.5, 0.6) is 11.5 Å². The molecule has 3 aromatic rings. The highest BCUT2D eigenvalue weighted by atomic mass is 35.5. The molecule has 0 saturated carbocycles. The van der Waals surface area contributed by atoms with Crippen LogP contribution in [0.15, 0.2) is 71.8 Å². The molecular formula is C28H28ClFN4O5. The van der Waals surface area contributed by atoms with Crippen LogP contribution in [0.2, 0.25) is 5.02 Å². The standard InChI is InChI=1S/C28H28ClFN4O5/c1-17(2)26(33-27(36)19-9-11-20(29)12-10-19)28(37)34-31-15-18-8-13-23(24(14-18)38-3)39-16-25(35)32-22-7-5-4-6-21(22)30/h4-15,17,26H,16H2,1-3H3,(H,32,35)(H,33,36)(H,34,37). The number of para-hydroxylation sites is 1. The molecule has 0 bridgehead atoms. The second-order valence-corrected chi connectivity index (χ2v) is 9.10. The van der Waals surface area contributed by atoms with Crippen molar-refractivity contribution < 1.29 is 28.2 Å². The Balaban J connectivity index is 1.57. The molecule has 0 aromatic heterocycles. The summed E-state index contributed by atoms with van der Waals surface area (Å²) in [4.78, 5) is 37.4. The molecule has 204 valence electrons. The maximum Gasteiger partial charge on any atom is 0.262 e. The minimum Gasteiger partial charge on any atom is -0.493 e. The molecule has 0 aliphatic rings. The molecule has 1 atom stereocenters. The van der Waals surface area contributed by atoms with Gasteiger partial charge >= 0.3 is 0 Å². The Kier molecular flexibility index (Phi) is 10.4. The van der Waals surface area contributed by atoms with Crippen LogP contribution in [-0.2, 0) is 9.59 Å². The van der Waals surface area contributed by atoms with E-state index in [1.54, 1.807) is 62.4 Å². The lowest BCUT2D eigenvalue weighted by Gasteiger charge is -2.20. The minimum atomic E-state index is -0.828. The van der Waals surface area contributed by atoms with E-state index >= 15 is 0 Å². The summed E-state index contributed by atoms with van der Waals surface area (Å²) in [7, 11) is 1.43. The second-order valence-electron chi connectivity index (χ2n) is 8.66. The quantitative estimate of drug-likeness (QED) is 0.240. The van der Waals surface area contributed by atoms with Crippen LogP contribution in [0.4, 0.5) is 10.1 Å². The number of methoxy groups -OCH3 is 1. The Morgan fingerprint density at radius 1 is 1.03 bits per heavy atom. The molecular weight excluding hydrogens is 527 g/mol. The van der Waals surface area contributed by atoms with Gasteiger partial charge in [-0.25, -0.2) is 9.82 Å². The zero-order valence-corrected chi connectivity index (χ0v) is 22.3. The van der Waals surface area contributed by atoms with Crippen LogP contribution in [0.25, 0.3) is 0 Å². The molecule has 0 radical (unpaired) electrons. The average molecular weight is 555 g/mol. The number of benzene rings is 3. The summed E-state index contributed by atoms with van der Waals surface area (Å²) in [6.45, 7) is 3.24. The number of carbonyl (C=O) groups is 3. The Bertz CT molecular complexity index is 1350. The van der Waals surface area contributed by atoms with Crippen molar-refractivity contribution >= 4 is 41.2 Å². The molecule has 0 heterocycles. The predicted molar refractivity (Wildman–Crippen MR) is 147 cm³/mol. The summed E-state index contributed by atoms with van der Waals surface area (Å²) >= 11 is 5.86. The average Bonchev–Trinajstić information content (AvgIpc) is 2.92. The molecule has 0 spiro atoms. The highest BCUT2D eigenvalue weighted by Gasteiger charge is 2.24. The van der Waals surface area contributed by atoms with Crippen LogP contribution in [0.1, 0.15) is 29.8 Å². The topological polar surface area (TPSA) is 118 Å². The van der Waals surface area contributed by atoms with Crippen molar-refractivity contribution in [3.63, 3.8) is 0 Å². The van der Waals surface area contributed by atoms with E-state index in [-0.39, 0.29) is 24.0 Å². The lowest BCUT2D eigenvalue weighted by Crippen LogP contribution is -2.48. The predicted octanol–water partition coefficient (Wildman–Crippen LogP) is 4.41. The summed E-state index contributed by atoms with van der Waals surface area (Å²) in [6, 6.07) is 16.1. The van der Waals surface area contributed by atoms with Gasteiger partial charge in [0.1, 0.15) is 11.9 Å². The molecule has 3 N–H and O–H groups in total. The van der Waals surface area contributed by atoms with Crippen LogP contribution in [0.3, 0.4) is 0 Å². The van der Waals surface area contributed by atoms with Crippen molar-refractivity contribution in [3.8, 4) is 11.5 Å². The van der Waals surface area contributed by atoms with Crippen molar-refractivity contribution in [2.75, 3.05) is 19.0 Å². The van der Waals surface area contributed by atoms with Crippen molar-refractivity contribution in [2.45, 2.75) is 19.9 Å². The first-order valence-corrected chi connectivity index (χ1v) is 12.3. The maximum atomic E-state index is 13.7. The number of nitrogens with zero attached hydrogens (tertiary/aromatic N) is 1. The van der Waals surface area contributed by atoms with Crippen LogP contribution in [-0.4, -0.2) is 43.7 Å². The maximum absolute atomic E-state index is 13.7. The van der Waals surface area contributed by atoms with Gasteiger partial charge in [-0.15, -0.1) is 0 Å². The molecule has 3 rings (SSSR count). The number of rotatable bonds is 11. The van der Waals surface area contributed by atoms with E-state index in [9.17, 15) is 18.8 Å². The number of halogens is 2. The molecule has 1 unspecified atom stereocenters. The van der Waals surface area contributed by atoms with Gasteiger partial charge in [0.15, 0.2) is 18.1 Å². The zero-order chi connectivity index (χ0) is 28.4. The van der Waals surface area contributed by atoms with Gasteiger partial charge < -0.3 is 20.1 Å². The third-order valence-corrected chi connectivity index (χ3v) is 5.68. The molecule has 11 heteroatoms. The van der Waals surface area contributed by atoms with Gasteiger partial charge in [-0.1, -0.05) is 37.6 Å². The van der Waals surface area contributed by atoms with E-state index in [0.29, 0.717) is 21.9 Å². The number of ether oxygens (including phenoxy) is 2. The first-order chi connectivity index (χ1) is 18.7.